The van der Waals surface area contributed by atoms with Gasteiger partial charge in [-0.15, -0.1) is 12.4 Å². The van der Waals surface area contributed by atoms with Crippen molar-refractivity contribution in [2.45, 2.75) is 40.0 Å². The maximum atomic E-state index is 13.4. The van der Waals surface area contributed by atoms with Crippen molar-refractivity contribution < 1.29 is 13.9 Å². The predicted octanol–water partition coefficient (Wildman–Crippen LogP) is 6.75. The lowest BCUT2D eigenvalue weighted by Crippen LogP contribution is -2.28. The Labute approximate surface area is 204 Å². The molecule has 3 aromatic rings. The van der Waals surface area contributed by atoms with E-state index in [2.05, 4.69) is 48.3 Å². The van der Waals surface area contributed by atoms with Crippen molar-refractivity contribution >= 4 is 51.8 Å². The van der Waals surface area contributed by atoms with Gasteiger partial charge in [-0.1, -0.05) is 45.4 Å². The van der Waals surface area contributed by atoms with Crippen molar-refractivity contribution in [2.24, 2.45) is 0 Å². The van der Waals surface area contributed by atoms with Gasteiger partial charge in [0.1, 0.15) is 23.7 Å². The molecule has 0 atom stereocenters. The molecule has 168 valence electrons. The van der Waals surface area contributed by atoms with Crippen molar-refractivity contribution in [3.8, 4) is 5.75 Å². The van der Waals surface area contributed by atoms with Crippen LogP contribution in [0.2, 0.25) is 0 Å². The highest BCUT2D eigenvalue weighted by atomic mass is 127. The summed E-state index contributed by atoms with van der Waals surface area (Å²) in [5.41, 5.74) is 2.14. The Bertz CT molecular complexity index is 998. The van der Waals surface area contributed by atoms with Crippen LogP contribution in [0.25, 0.3) is 11.0 Å². The monoisotopic (exact) mass is 555 g/mol. The highest BCUT2D eigenvalue weighted by Gasteiger charge is 2.22. The van der Waals surface area contributed by atoms with Crippen LogP contribution in [0.5, 0.6) is 5.75 Å². The fourth-order valence-corrected chi connectivity index (χ4v) is 4.26. The summed E-state index contributed by atoms with van der Waals surface area (Å²) >= 11 is 2.25. The second kappa shape index (κ2) is 12.5. The van der Waals surface area contributed by atoms with Crippen LogP contribution < -0.4 is 4.74 Å². The first-order chi connectivity index (χ1) is 14.6. The van der Waals surface area contributed by atoms with Crippen LogP contribution in [0.1, 0.15) is 55.3 Å². The molecule has 0 saturated carbocycles. The second-order valence-corrected chi connectivity index (χ2v) is 8.51. The normalized spacial score (nSPS) is 11.0. The van der Waals surface area contributed by atoms with Crippen LogP contribution in [0, 0.1) is 3.57 Å². The number of ether oxygens (including phenoxy) is 1. The maximum absolute atomic E-state index is 13.4. The molecule has 3 rings (SSSR count). The van der Waals surface area contributed by atoms with Gasteiger partial charge in [-0.3, -0.25) is 4.79 Å². The van der Waals surface area contributed by atoms with Crippen LogP contribution in [-0.2, 0) is 6.42 Å². The van der Waals surface area contributed by atoms with E-state index in [9.17, 15) is 4.79 Å². The topological polar surface area (TPSA) is 42.7 Å². The number of hydrogen-bond acceptors (Lipinski definition) is 4. The van der Waals surface area contributed by atoms with E-state index >= 15 is 0 Å². The van der Waals surface area contributed by atoms with Crippen molar-refractivity contribution in [1.82, 2.24) is 4.90 Å². The van der Waals surface area contributed by atoms with Gasteiger partial charge in [0.15, 0.2) is 5.78 Å². The standard InChI is InChI=1S/C25H30INO3.ClH/c1-4-7-11-23-24(19-10-8-9-12-21(19)30-23)25(28)18-13-14-22(20(26)17-18)29-16-15-27(5-2)6-3;/h8-10,12-14,17H,4-7,11,15-16H2,1-3H3;1H. The van der Waals surface area contributed by atoms with E-state index in [-0.39, 0.29) is 18.2 Å². The molecule has 4 nitrogen and oxygen atoms in total. The second-order valence-electron chi connectivity index (χ2n) is 7.35. The third-order valence-corrected chi connectivity index (χ3v) is 6.25. The number of benzene rings is 2. The number of halogens is 2. The Morgan fingerprint density at radius 2 is 1.84 bits per heavy atom. The molecule has 0 aliphatic heterocycles. The first-order valence-electron chi connectivity index (χ1n) is 10.8. The molecule has 0 bridgehead atoms. The zero-order chi connectivity index (χ0) is 21.5. The zero-order valence-corrected chi connectivity index (χ0v) is 21.4. The van der Waals surface area contributed by atoms with Crippen molar-refractivity contribution in [1.29, 1.82) is 0 Å². The Kier molecular flexibility index (Phi) is 10.3. The summed E-state index contributed by atoms with van der Waals surface area (Å²) in [5.74, 6) is 1.62. The van der Waals surface area contributed by atoms with Crippen LogP contribution in [-0.4, -0.2) is 36.9 Å². The van der Waals surface area contributed by atoms with Gasteiger partial charge in [0.25, 0.3) is 0 Å². The van der Waals surface area contributed by atoms with E-state index in [0.717, 1.165) is 64.9 Å². The molecular weight excluding hydrogens is 525 g/mol. The Morgan fingerprint density at radius 1 is 1.10 bits per heavy atom. The number of furan rings is 1. The summed E-state index contributed by atoms with van der Waals surface area (Å²) < 4.78 is 13.0. The SMILES string of the molecule is CCCCc1oc2ccccc2c1C(=O)c1ccc(OCCN(CC)CC)c(I)c1.Cl. The minimum absolute atomic E-state index is 0. The lowest BCUT2D eigenvalue weighted by molar-refractivity contribution is 0.103. The minimum atomic E-state index is 0. The number of hydrogen-bond donors (Lipinski definition) is 0. The van der Waals surface area contributed by atoms with E-state index in [4.69, 9.17) is 9.15 Å². The number of ketones is 1. The average molecular weight is 556 g/mol. The van der Waals surface area contributed by atoms with Gasteiger partial charge in [-0.2, -0.15) is 0 Å². The number of rotatable bonds is 11. The van der Waals surface area contributed by atoms with E-state index in [1.54, 1.807) is 0 Å². The summed E-state index contributed by atoms with van der Waals surface area (Å²) in [4.78, 5) is 15.8. The van der Waals surface area contributed by atoms with Gasteiger partial charge in [0.05, 0.1) is 9.13 Å². The van der Waals surface area contributed by atoms with E-state index < -0.39 is 0 Å². The molecule has 1 heterocycles. The van der Waals surface area contributed by atoms with Gasteiger partial charge in [-0.25, -0.2) is 0 Å². The third kappa shape index (κ3) is 6.24. The largest absolute Gasteiger partial charge is 0.491 e. The number of unbranched alkanes of at least 4 members (excludes halogenated alkanes) is 1. The Morgan fingerprint density at radius 3 is 2.52 bits per heavy atom. The fourth-order valence-electron chi connectivity index (χ4n) is 3.59. The number of carbonyl (C=O) groups excluding carboxylic acids is 1. The quantitative estimate of drug-likeness (QED) is 0.194. The fraction of sp³-hybridized carbons (Fsp3) is 0.400. The first kappa shape index (κ1) is 25.7. The molecule has 0 radical (unpaired) electrons. The van der Waals surface area contributed by atoms with Crippen LogP contribution in [0.3, 0.4) is 0 Å². The third-order valence-electron chi connectivity index (χ3n) is 5.41. The molecule has 0 aliphatic rings. The molecule has 0 saturated heterocycles. The van der Waals surface area contributed by atoms with E-state index in [1.165, 1.54) is 0 Å². The van der Waals surface area contributed by atoms with Gasteiger partial charge >= 0.3 is 0 Å². The van der Waals surface area contributed by atoms with E-state index in [1.807, 2.05) is 42.5 Å². The van der Waals surface area contributed by atoms with Gasteiger partial charge < -0.3 is 14.1 Å². The molecule has 0 amide bonds. The molecule has 0 N–H and O–H groups in total. The van der Waals surface area contributed by atoms with Gasteiger partial charge in [-0.05, 0) is 66.4 Å². The zero-order valence-electron chi connectivity index (χ0n) is 18.4. The maximum Gasteiger partial charge on any atom is 0.197 e. The average Bonchev–Trinajstić information content (AvgIpc) is 3.14. The van der Waals surface area contributed by atoms with Crippen LogP contribution in [0.4, 0.5) is 0 Å². The van der Waals surface area contributed by atoms with E-state index in [0.29, 0.717) is 17.7 Å². The number of aryl methyl sites for hydroxylation is 1. The van der Waals surface area contributed by atoms with Gasteiger partial charge in [0, 0.05) is 23.9 Å². The summed E-state index contributed by atoms with van der Waals surface area (Å²) in [6.07, 6.45) is 2.83. The number of nitrogens with zero attached hydrogens (tertiary/aromatic N) is 1. The first-order valence-corrected chi connectivity index (χ1v) is 11.9. The minimum Gasteiger partial charge on any atom is -0.491 e. The molecule has 1 aromatic heterocycles. The van der Waals surface area contributed by atoms with Crippen LogP contribution >= 0.6 is 35.0 Å². The molecular formula is C25H31ClINO3. The molecule has 2 aromatic carbocycles. The lowest BCUT2D eigenvalue weighted by atomic mass is 9.98. The molecule has 0 fully saturated rings. The lowest BCUT2D eigenvalue weighted by Gasteiger charge is -2.18. The van der Waals surface area contributed by atoms with Crippen molar-refractivity contribution in [2.75, 3.05) is 26.2 Å². The number of likely N-dealkylation sites (N-methyl/N-ethyl adjacent to an activating group) is 1. The Hall–Kier alpha value is -1.57. The van der Waals surface area contributed by atoms with Crippen LogP contribution in [0.15, 0.2) is 46.9 Å². The molecule has 0 aliphatic carbocycles. The van der Waals surface area contributed by atoms with Gasteiger partial charge in [0.2, 0.25) is 0 Å². The highest BCUT2D eigenvalue weighted by Crippen LogP contribution is 2.31. The predicted molar refractivity (Wildman–Crippen MR) is 138 cm³/mol. The summed E-state index contributed by atoms with van der Waals surface area (Å²) in [6, 6.07) is 13.5. The summed E-state index contributed by atoms with van der Waals surface area (Å²) in [7, 11) is 0. The molecule has 0 unspecified atom stereocenters. The summed E-state index contributed by atoms with van der Waals surface area (Å²) in [5, 5.41) is 0.892. The number of fused-ring (bicyclic) bond motifs is 1. The molecule has 31 heavy (non-hydrogen) atoms. The molecule has 0 spiro atoms. The van der Waals surface area contributed by atoms with Crippen molar-refractivity contribution in [3.63, 3.8) is 0 Å². The number of carbonyl (C=O) groups is 1. The molecule has 6 heteroatoms. The van der Waals surface area contributed by atoms with Crippen molar-refractivity contribution in [3.05, 3.63) is 62.9 Å². The Balaban J connectivity index is 0.00000341. The highest BCUT2D eigenvalue weighted by molar-refractivity contribution is 14.1. The smallest absolute Gasteiger partial charge is 0.197 e. The number of para-hydroxylation sites is 1. The summed E-state index contributed by atoms with van der Waals surface area (Å²) in [6.45, 7) is 10.0.